The molecule has 0 aliphatic rings. The first-order valence-electron chi connectivity index (χ1n) is 4.63. The van der Waals surface area contributed by atoms with Gasteiger partial charge in [-0.3, -0.25) is 4.68 Å². The fraction of sp³-hybridized carbons (Fsp3) is 0.667. The van der Waals surface area contributed by atoms with E-state index in [0.717, 1.165) is 12.8 Å². The van der Waals surface area contributed by atoms with Crippen LogP contribution in [-0.2, 0) is 0 Å². The van der Waals surface area contributed by atoms with Gasteiger partial charge in [0, 0.05) is 6.07 Å². The van der Waals surface area contributed by atoms with E-state index in [1.165, 1.54) is 10.7 Å². The fourth-order valence-electron chi connectivity index (χ4n) is 1.39. The summed E-state index contributed by atoms with van der Waals surface area (Å²) in [6.45, 7) is 3.96. The fourth-order valence-corrected chi connectivity index (χ4v) is 1.67. The highest BCUT2D eigenvalue weighted by Gasteiger charge is 2.17. The molecule has 0 bridgehead atoms. The molecule has 80 valence electrons. The van der Waals surface area contributed by atoms with Crippen molar-refractivity contribution < 1.29 is 8.78 Å². The highest BCUT2D eigenvalue weighted by molar-refractivity contribution is 6.29. The van der Waals surface area contributed by atoms with Crippen LogP contribution in [0.2, 0.25) is 5.15 Å². The molecule has 0 saturated heterocycles. The Bertz CT molecular complexity index is 295. The van der Waals surface area contributed by atoms with E-state index in [1.807, 2.05) is 13.8 Å². The molecule has 0 amide bonds. The third kappa shape index (κ3) is 2.23. The van der Waals surface area contributed by atoms with E-state index in [-0.39, 0.29) is 16.9 Å². The van der Waals surface area contributed by atoms with Crippen molar-refractivity contribution in [3.8, 4) is 0 Å². The Labute approximate surface area is 86.9 Å². The summed E-state index contributed by atoms with van der Waals surface area (Å²) in [6.07, 6.45) is -0.885. The summed E-state index contributed by atoms with van der Waals surface area (Å²) in [5, 5.41) is 4.07. The summed E-state index contributed by atoms with van der Waals surface area (Å²) in [5.41, 5.74) is -0.248. The van der Waals surface area contributed by atoms with Gasteiger partial charge in [0.25, 0.3) is 6.43 Å². The number of halogens is 3. The predicted octanol–water partition coefficient (Wildman–Crippen LogP) is 3.84. The molecule has 5 heteroatoms. The molecule has 0 atom stereocenters. The molecule has 0 fully saturated rings. The van der Waals surface area contributed by atoms with Gasteiger partial charge in [0.1, 0.15) is 10.8 Å². The van der Waals surface area contributed by atoms with Crippen molar-refractivity contribution in [1.82, 2.24) is 9.78 Å². The highest BCUT2D eigenvalue weighted by Crippen LogP contribution is 2.26. The van der Waals surface area contributed by atoms with Crippen LogP contribution < -0.4 is 0 Å². The van der Waals surface area contributed by atoms with Gasteiger partial charge in [-0.05, 0) is 12.8 Å². The van der Waals surface area contributed by atoms with Crippen molar-refractivity contribution in [2.24, 2.45) is 0 Å². The first-order chi connectivity index (χ1) is 6.60. The monoisotopic (exact) mass is 222 g/mol. The third-order valence-corrected chi connectivity index (χ3v) is 2.50. The van der Waals surface area contributed by atoms with E-state index in [4.69, 9.17) is 11.6 Å². The second kappa shape index (κ2) is 4.73. The van der Waals surface area contributed by atoms with E-state index in [1.54, 1.807) is 0 Å². The summed E-state index contributed by atoms with van der Waals surface area (Å²) < 4.78 is 26.1. The number of aromatic nitrogens is 2. The lowest BCUT2D eigenvalue weighted by molar-refractivity contribution is 0.144. The van der Waals surface area contributed by atoms with E-state index >= 15 is 0 Å². The minimum atomic E-state index is -2.55. The topological polar surface area (TPSA) is 17.8 Å². The average Bonchev–Trinajstić information content (AvgIpc) is 2.51. The molecule has 0 saturated carbocycles. The van der Waals surface area contributed by atoms with E-state index in [0.29, 0.717) is 0 Å². The number of alkyl halides is 2. The lowest BCUT2D eigenvalue weighted by Gasteiger charge is -2.13. The number of nitrogens with zero attached hydrogens (tertiary/aromatic N) is 2. The largest absolute Gasteiger partial charge is 0.282 e. The number of hydrogen-bond donors (Lipinski definition) is 0. The van der Waals surface area contributed by atoms with Crippen LogP contribution in [0.25, 0.3) is 0 Å². The summed E-state index contributed by atoms with van der Waals surface area (Å²) in [5.74, 6) is 0. The molecule has 0 radical (unpaired) electrons. The zero-order valence-corrected chi connectivity index (χ0v) is 8.93. The second-order valence-electron chi connectivity index (χ2n) is 3.11. The predicted molar refractivity (Wildman–Crippen MR) is 51.8 cm³/mol. The van der Waals surface area contributed by atoms with Crippen LogP contribution >= 0.6 is 11.6 Å². The second-order valence-corrected chi connectivity index (χ2v) is 3.49. The van der Waals surface area contributed by atoms with Gasteiger partial charge in [-0.2, -0.15) is 5.10 Å². The Hall–Kier alpha value is -0.640. The SMILES string of the molecule is CCC(CC)n1nc(C(F)F)cc1Cl. The molecule has 0 aromatic carbocycles. The van der Waals surface area contributed by atoms with Crippen LogP contribution in [0.3, 0.4) is 0 Å². The maximum atomic E-state index is 12.3. The van der Waals surface area contributed by atoms with Crippen LogP contribution in [0.1, 0.15) is 44.9 Å². The third-order valence-electron chi connectivity index (χ3n) is 2.22. The van der Waals surface area contributed by atoms with Gasteiger partial charge in [0.2, 0.25) is 0 Å². The van der Waals surface area contributed by atoms with Gasteiger partial charge in [-0.1, -0.05) is 25.4 Å². The van der Waals surface area contributed by atoms with E-state index < -0.39 is 6.43 Å². The standard InChI is InChI=1S/C9H13ClF2N2/c1-3-6(4-2)14-8(10)5-7(13-14)9(11)12/h5-6,9H,3-4H2,1-2H3. The quantitative estimate of drug-likeness (QED) is 0.757. The molecule has 1 aromatic rings. The Balaban J connectivity index is 2.96. The lowest BCUT2D eigenvalue weighted by Crippen LogP contribution is -2.09. The number of hydrogen-bond acceptors (Lipinski definition) is 1. The Morgan fingerprint density at radius 2 is 2.00 bits per heavy atom. The molecule has 0 aliphatic carbocycles. The van der Waals surface area contributed by atoms with Gasteiger partial charge < -0.3 is 0 Å². The van der Waals surface area contributed by atoms with E-state index in [9.17, 15) is 8.78 Å². The molecule has 0 aliphatic heterocycles. The Kier molecular flexibility index (Phi) is 3.86. The molecule has 0 spiro atoms. The highest BCUT2D eigenvalue weighted by atomic mass is 35.5. The van der Waals surface area contributed by atoms with Gasteiger partial charge in [-0.25, -0.2) is 8.78 Å². The zero-order chi connectivity index (χ0) is 10.7. The molecular formula is C9H13ClF2N2. The zero-order valence-electron chi connectivity index (χ0n) is 8.17. The van der Waals surface area contributed by atoms with Gasteiger partial charge in [0.15, 0.2) is 0 Å². The first kappa shape index (κ1) is 11.4. The maximum absolute atomic E-state index is 12.3. The minimum absolute atomic E-state index is 0.106. The van der Waals surface area contributed by atoms with Crippen LogP contribution in [0.5, 0.6) is 0 Å². The summed E-state index contributed by atoms with van der Waals surface area (Å²) in [6, 6.07) is 1.33. The van der Waals surface area contributed by atoms with Crippen LogP contribution in [0, 0.1) is 0 Å². The Morgan fingerprint density at radius 1 is 1.43 bits per heavy atom. The molecule has 14 heavy (non-hydrogen) atoms. The number of rotatable bonds is 4. The molecule has 1 aromatic heterocycles. The summed E-state index contributed by atoms with van der Waals surface area (Å²) in [7, 11) is 0. The van der Waals surface area contributed by atoms with Crippen molar-refractivity contribution in [1.29, 1.82) is 0 Å². The van der Waals surface area contributed by atoms with Crippen LogP contribution in [0.4, 0.5) is 8.78 Å². The summed E-state index contributed by atoms with van der Waals surface area (Å²) in [4.78, 5) is 0. The minimum Gasteiger partial charge on any atom is -0.251 e. The molecule has 0 N–H and O–H groups in total. The van der Waals surface area contributed by atoms with Crippen LogP contribution in [-0.4, -0.2) is 9.78 Å². The van der Waals surface area contributed by atoms with Crippen molar-refractivity contribution in [3.63, 3.8) is 0 Å². The van der Waals surface area contributed by atoms with Gasteiger partial charge >= 0.3 is 0 Å². The average molecular weight is 223 g/mol. The van der Waals surface area contributed by atoms with Crippen molar-refractivity contribution in [2.45, 2.75) is 39.2 Å². The lowest BCUT2D eigenvalue weighted by atomic mass is 10.2. The first-order valence-corrected chi connectivity index (χ1v) is 5.01. The molecule has 2 nitrogen and oxygen atoms in total. The van der Waals surface area contributed by atoms with Crippen molar-refractivity contribution in [3.05, 3.63) is 16.9 Å². The molecule has 1 heterocycles. The Morgan fingerprint density at radius 3 is 2.36 bits per heavy atom. The summed E-state index contributed by atoms with van der Waals surface area (Å²) >= 11 is 5.81. The van der Waals surface area contributed by atoms with Gasteiger partial charge in [0.05, 0.1) is 6.04 Å². The van der Waals surface area contributed by atoms with Gasteiger partial charge in [-0.15, -0.1) is 0 Å². The molecular weight excluding hydrogens is 210 g/mol. The normalized spacial score (nSPS) is 11.6. The van der Waals surface area contributed by atoms with Crippen molar-refractivity contribution >= 4 is 11.6 Å². The maximum Gasteiger partial charge on any atom is 0.282 e. The molecule has 0 unspecified atom stereocenters. The smallest absolute Gasteiger partial charge is 0.251 e. The van der Waals surface area contributed by atoms with E-state index in [2.05, 4.69) is 5.10 Å². The van der Waals surface area contributed by atoms with Crippen LogP contribution in [0.15, 0.2) is 6.07 Å². The van der Waals surface area contributed by atoms with Crippen molar-refractivity contribution in [2.75, 3.05) is 0 Å². The molecule has 1 rings (SSSR count).